The van der Waals surface area contributed by atoms with Crippen molar-refractivity contribution in [2.24, 2.45) is 0 Å². The van der Waals surface area contributed by atoms with Crippen molar-refractivity contribution in [3.05, 3.63) is 51.7 Å². The molecule has 1 aromatic heterocycles. The number of thiophene rings is 1. The van der Waals surface area contributed by atoms with Crippen molar-refractivity contribution in [2.75, 3.05) is 31.6 Å². The number of nitrogens with zero attached hydrogens (tertiary/aromatic N) is 2. The van der Waals surface area contributed by atoms with Gasteiger partial charge in [-0.25, -0.2) is 0 Å². The Morgan fingerprint density at radius 2 is 2.10 bits per heavy atom. The molecule has 1 fully saturated rings. The molecule has 1 unspecified atom stereocenters. The van der Waals surface area contributed by atoms with E-state index >= 15 is 0 Å². The van der Waals surface area contributed by atoms with E-state index < -0.39 is 17.7 Å². The summed E-state index contributed by atoms with van der Waals surface area (Å²) in [5.41, 5.74) is 1.53. The Balaban J connectivity index is 1.78. The van der Waals surface area contributed by atoms with E-state index in [4.69, 9.17) is 4.74 Å². The van der Waals surface area contributed by atoms with Gasteiger partial charge in [-0.2, -0.15) is 0 Å². The molecule has 1 amide bonds. The highest BCUT2D eigenvalue weighted by molar-refractivity contribution is 7.10. The van der Waals surface area contributed by atoms with E-state index in [0.717, 1.165) is 42.1 Å². The number of aliphatic hydroxyl groups is 1. The molecule has 1 atom stereocenters. The molecule has 0 aliphatic carbocycles. The maximum atomic E-state index is 13.0. The van der Waals surface area contributed by atoms with Gasteiger partial charge in [0, 0.05) is 24.0 Å². The number of carbonyl (C=O) groups is 2. The molecule has 0 saturated carbocycles. The third kappa shape index (κ3) is 3.58. The lowest BCUT2D eigenvalue weighted by Gasteiger charge is -2.28. The number of Topliss-reactive ketones (excluding diaryl/α,β-unsaturated/α-hetero) is 1. The number of anilines is 1. The minimum atomic E-state index is -0.621. The van der Waals surface area contributed by atoms with Gasteiger partial charge in [0.05, 0.1) is 23.8 Å². The Morgan fingerprint density at radius 3 is 2.83 bits per heavy atom. The predicted molar refractivity (Wildman–Crippen MR) is 118 cm³/mol. The second kappa shape index (κ2) is 8.52. The Morgan fingerprint density at radius 1 is 1.27 bits per heavy atom. The number of hydrogen-bond acceptors (Lipinski definition) is 6. The summed E-state index contributed by atoms with van der Waals surface area (Å²) in [4.78, 5) is 30.4. The van der Waals surface area contributed by atoms with Crippen LogP contribution < -0.4 is 9.64 Å². The number of unbranched alkanes of at least 4 members (excludes halogenated alkanes) is 2. The zero-order valence-corrected chi connectivity index (χ0v) is 18.1. The van der Waals surface area contributed by atoms with Crippen LogP contribution >= 0.6 is 11.3 Å². The number of hydrogen-bond donors (Lipinski definition) is 1. The predicted octanol–water partition coefficient (Wildman–Crippen LogP) is 4.19. The van der Waals surface area contributed by atoms with Crippen LogP contribution in [-0.2, 0) is 9.59 Å². The fourth-order valence-electron chi connectivity index (χ4n) is 4.04. The standard InChI is InChI=1S/C23H26N2O4S/c1-3-4-5-10-25-20(18-7-6-13-30-18)19(22(27)23(25)28)21(26)15-8-9-17-16(14-15)24(2)11-12-29-17/h6-9,13-14,20,26H,3-5,10-12H2,1-2H3/b21-19-. The van der Waals surface area contributed by atoms with Crippen LogP contribution in [0.25, 0.3) is 5.76 Å². The Labute approximate surface area is 180 Å². The van der Waals surface area contributed by atoms with Gasteiger partial charge in [0.25, 0.3) is 11.7 Å². The van der Waals surface area contributed by atoms with Gasteiger partial charge >= 0.3 is 0 Å². The average Bonchev–Trinajstić information content (AvgIpc) is 3.36. The van der Waals surface area contributed by atoms with Crippen molar-refractivity contribution in [2.45, 2.75) is 32.2 Å². The monoisotopic (exact) mass is 426 g/mol. The highest BCUT2D eigenvalue weighted by atomic mass is 32.1. The van der Waals surface area contributed by atoms with Crippen LogP contribution in [0.5, 0.6) is 5.75 Å². The van der Waals surface area contributed by atoms with Gasteiger partial charge < -0.3 is 19.6 Å². The summed E-state index contributed by atoms with van der Waals surface area (Å²) >= 11 is 1.49. The summed E-state index contributed by atoms with van der Waals surface area (Å²) in [6, 6.07) is 8.63. The molecular formula is C23H26N2O4S. The molecule has 1 saturated heterocycles. The maximum Gasteiger partial charge on any atom is 0.295 e. The highest BCUT2D eigenvalue weighted by Gasteiger charge is 2.46. The number of carbonyl (C=O) groups excluding carboxylic acids is 2. The van der Waals surface area contributed by atoms with Gasteiger partial charge in [0.15, 0.2) is 0 Å². The molecule has 0 bridgehead atoms. The number of aliphatic hydroxyl groups excluding tert-OH is 1. The third-order valence-corrected chi connectivity index (χ3v) is 6.61. The lowest BCUT2D eigenvalue weighted by atomic mass is 9.99. The Hall–Kier alpha value is -2.80. The topological polar surface area (TPSA) is 70.1 Å². The third-order valence-electron chi connectivity index (χ3n) is 5.68. The van der Waals surface area contributed by atoms with Crippen LogP contribution in [0.4, 0.5) is 5.69 Å². The molecule has 0 spiro atoms. The van der Waals surface area contributed by atoms with E-state index in [-0.39, 0.29) is 11.3 Å². The molecule has 4 rings (SSSR count). The van der Waals surface area contributed by atoms with E-state index in [1.807, 2.05) is 30.6 Å². The van der Waals surface area contributed by atoms with Crippen LogP contribution in [0.15, 0.2) is 41.3 Å². The lowest BCUT2D eigenvalue weighted by Crippen LogP contribution is -2.30. The van der Waals surface area contributed by atoms with E-state index in [1.165, 1.54) is 11.3 Å². The molecule has 158 valence electrons. The molecular weight excluding hydrogens is 400 g/mol. The number of rotatable bonds is 6. The normalized spacial score (nSPS) is 20.4. The van der Waals surface area contributed by atoms with Gasteiger partial charge in [-0.15, -0.1) is 11.3 Å². The number of fused-ring (bicyclic) bond motifs is 1. The number of ketones is 1. The van der Waals surface area contributed by atoms with Crippen molar-refractivity contribution < 1.29 is 19.4 Å². The first-order valence-corrected chi connectivity index (χ1v) is 11.2. The number of benzene rings is 1. The number of amides is 1. The summed E-state index contributed by atoms with van der Waals surface area (Å²) in [5.74, 6) is -0.546. The summed E-state index contributed by atoms with van der Waals surface area (Å²) in [6.07, 6.45) is 2.84. The largest absolute Gasteiger partial charge is 0.507 e. The maximum absolute atomic E-state index is 13.0. The van der Waals surface area contributed by atoms with Crippen molar-refractivity contribution >= 4 is 34.5 Å². The van der Waals surface area contributed by atoms with Gasteiger partial charge in [-0.05, 0) is 36.1 Å². The number of likely N-dealkylation sites (N-methyl/N-ethyl adjacent to an activating group) is 1. The first-order chi connectivity index (χ1) is 14.5. The van der Waals surface area contributed by atoms with E-state index in [1.54, 1.807) is 17.0 Å². The average molecular weight is 427 g/mol. The van der Waals surface area contributed by atoms with Gasteiger partial charge in [0.2, 0.25) is 0 Å². The summed E-state index contributed by atoms with van der Waals surface area (Å²) in [6.45, 7) is 3.95. The second-order valence-corrected chi connectivity index (χ2v) is 8.65. The van der Waals surface area contributed by atoms with Crippen LogP contribution in [0.1, 0.15) is 42.7 Å². The van der Waals surface area contributed by atoms with Crippen LogP contribution in [0.2, 0.25) is 0 Å². The van der Waals surface area contributed by atoms with E-state index in [0.29, 0.717) is 18.7 Å². The summed E-state index contributed by atoms with van der Waals surface area (Å²) in [5, 5.41) is 13.1. The fraction of sp³-hybridized carbons (Fsp3) is 0.391. The van der Waals surface area contributed by atoms with E-state index in [2.05, 4.69) is 11.8 Å². The van der Waals surface area contributed by atoms with Crippen molar-refractivity contribution in [1.29, 1.82) is 0 Å². The molecule has 30 heavy (non-hydrogen) atoms. The fourth-order valence-corrected chi connectivity index (χ4v) is 4.88. The van der Waals surface area contributed by atoms with Crippen LogP contribution in [-0.4, -0.2) is 48.4 Å². The molecule has 6 nitrogen and oxygen atoms in total. The smallest absolute Gasteiger partial charge is 0.295 e. The molecule has 1 N–H and O–H groups in total. The van der Waals surface area contributed by atoms with Crippen molar-refractivity contribution in [3.63, 3.8) is 0 Å². The Bertz CT molecular complexity index is 983. The quantitative estimate of drug-likeness (QED) is 0.325. The van der Waals surface area contributed by atoms with Crippen molar-refractivity contribution in [3.8, 4) is 5.75 Å². The molecule has 2 aromatic rings. The second-order valence-electron chi connectivity index (χ2n) is 7.67. The van der Waals surface area contributed by atoms with Gasteiger partial charge in [-0.3, -0.25) is 9.59 Å². The molecule has 0 radical (unpaired) electrons. The SMILES string of the molecule is CCCCCN1C(=O)C(=O)/C(=C(\O)c2ccc3c(c2)N(C)CCO3)C1c1cccs1. The molecule has 1 aromatic carbocycles. The van der Waals surface area contributed by atoms with Crippen molar-refractivity contribution in [1.82, 2.24) is 4.90 Å². The Kier molecular flexibility index (Phi) is 5.81. The molecule has 2 aliphatic rings. The summed E-state index contributed by atoms with van der Waals surface area (Å²) in [7, 11) is 1.96. The van der Waals surface area contributed by atoms with Gasteiger partial charge in [-0.1, -0.05) is 25.8 Å². The highest BCUT2D eigenvalue weighted by Crippen LogP contribution is 2.42. The molecule has 2 aliphatic heterocycles. The lowest BCUT2D eigenvalue weighted by molar-refractivity contribution is -0.139. The van der Waals surface area contributed by atoms with Crippen LogP contribution in [0, 0.1) is 0 Å². The first kappa shape index (κ1) is 20.5. The number of likely N-dealkylation sites (tertiary alicyclic amines) is 1. The number of ether oxygens (including phenoxy) is 1. The molecule has 7 heteroatoms. The zero-order chi connectivity index (χ0) is 21.3. The zero-order valence-electron chi connectivity index (χ0n) is 17.3. The minimum Gasteiger partial charge on any atom is -0.507 e. The first-order valence-electron chi connectivity index (χ1n) is 10.3. The molecule has 3 heterocycles. The van der Waals surface area contributed by atoms with Gasteiger partial charge in [0.1, 0.15) is 18.1 Å². The summed E-state index contributed by atoms with van der Waals surface area (Å²) < 4.78 is 5.68. The van der Waals surface area contributed by atoms with E-state index in [9.17, 15) is 14.7 Å². The van der Waals surface area contributed by atoms with Crippen LogP contribution in [0.3, 0.4) is 0 Å². The minimum absolute atomic E-state index is 0.133.